The summed E-state index contributed by atoms with van der Waals surface area (Å²) in [6.45, 7) is 4.04. The molecule has 94 valence electrons. The zero-order valence-corrected chi connectivity index (χ0v) is 11.3. The molecule has 0 saturated carbocycles. The molecule has 2 N–H and O–H groups in total. The molecule has 0 spiro atoms. The summed E-state index contributed by atoms with van der Waals surface area (Å²) in [5.74, 6) is 1.83. The number of hydrogen-bond donors (Lipinski definition) is 2. The van der Waals surface area contributed by atoms with Gasteiger partial charge in [-0.2, -0.15) is 0 Å². The van der Waals surface area contributed by atoms with E-state index in [4.69, 9.17) is 14.6 Å². The van der Waals surface area contributed by atoms with Crippen molar-refractivity contribution in [1.29, 1.82) is 0 Å². The minimum Gasteiger partial charge on any atom is -0.454 e. The van der Waals surface area contributed by atoms with Crippen molar-refractivity contribution < 1.29 is 14.6 Å². The fraction of sp³-hybridized carbons (Fsp3) is 0.500. The van der Waals surface area contributed by atoms with Crippen LogP contribution in [-0.4, -0.2) is 25.1 Å². The van der Waals surface area contributed by atoms with E-state index in [0.29, 0.717) is 0 Å². The Morgan fingerprint density at radius 1 is 1.47 bits per heavy atom. The van der Waals surface area contributed by atoms with Crippen molar-refractivity contribution in [2.75, 3.05) is 19.9 Å². The van der Waals surface area contributed by atoms with Crippen LogP contribution in [0.1, 0.15) is 12.5 Å². The molecule has 0 radical (unpaired) electrons. The first-order chi connectivity index (χ1) is 8.20. The van der Waals surface area contributed by atoms with Gasteiger partial charge in [-0.05, 0) is 39.5 Å². The van der Waals surface area contributed by atoms with Crippen LogP contribution < -0.4 is 14.8 Å². The summed E-state index contributed by atoms with van der Waals surface area (Å²) in [6, 6.07) is 3.99. The van der Waals surface area contributed by atoms with Gasteiger partial charge >= 0.3 is 0 Å². The summed E-state index contributed by atoms with van der Waals surface area (Å²) in [5.41, 5.74) is 1.13. The Bertz CT molecular complexity index is 398. The second kappa shape index (κ2) is 5.71. The van der Waals surface area contributed by atoms with Gasteiger partial charge in [0.2, 0.25) is 6.79 Å². The molecule has 1 atom stereocenters. The Hall–Kier alpha value is -0.780. The van der Waals surface area contributed by atoms with Crippen molar-refractivity contribution in [2.45, 2.75) is 13.5 Å². The predicted octanol–water partition coefficient (Wildman–Crippen LogP) is 1.90. The van der Waals surface area contributed by atoms with E-state index in [1.54, 1.807) is 0 Å². The van der Waals surface area contributed by atoms with Crippen molar-refractivity contribution in [3.05, 3.63) is 22.2 Å². The van der Waals surface area contributed by atoms with E-state index in [9.17, 15) is 0 Å². The van der Waals surface area contributed by atoms with E-state index in [2.05, 4.69) is 21.2 Å². The quantitative estimate of drug-likeness (QED) is 0.872. The fourth-order valence-corrected chi connectivity index (χ4v) is 2.25. The molecule has 0 amide bonds. The van der Waals surface area contributed by atoms with E-state index in [1.807, 2.05) is 19.1 Å². The third-order valence-corrected chi connectivity index (χ3v) is 3.21. The van der Waals surface area contributed by atoms with Gasteiger partial charge in [-0.1, -0.05) is 6.92 Å². The standard InChI is InChI=1S/C12H16BrNO3/c1-8(6-15)4-14-5-9-2-10(13)12-11(3-9)16-7-17-12/h2-3,8,14-15H,4-7H2,1H3. The van der Waals surface area contributed by atoms with E-state index >= 15 is 0 Å². The van der Waals surface area contributed by atoms with Gasteiger partial charge in [0.1, 0.15) is 0 Å². The number of ether oxygens (including phenoxy) is 2. The predicted molar refractivity (Wildman–Crippen MR) is 68.2 cm³/mol. The first kappa shape index (κ1) is 12.7. The number of rotatable bonds is 5. The molecular weight excluding hydrogens is 286 g/mol. The van der Waals surface area contributed by atoms with Crippen LogP contribution in [0.25, 0.3) is 0 Å². The zero-order valence-electron chi connectivity index (χ0n) is 9.70. The highest BCUT2D eigenvalue weighted by molar-refractivity contribution is 9.10. The van der Waals surface area contributed by atoms with Crippen molar-refractivity contribution in [2.24, 2.45) is 5.92 Å². The Labute approximate surface area is 109 Å². The highest BCUT2D eigenvalue weighted by Crippen LogP contribution is 2.39. The van der Waals surface area contributed by atoms with Crippen LogP contribution in [0.2, 0.25) is 0 Å². The Morgan fingerprint density at radius 3 is 3.06 bits per heavy atom. The first-order valence-electron chi connectivity index (χ1n) is 5.60. The van der Waals surface area contributed by atoms with E-state index in [-0.39, 0.29) is 19.3 Å². The van der Waals surface area contributed by atoms with Gasteiger partial charge in [-0.25, -0.2) is 0 Å². The third kappa shape index (κ3) is 3.12. The van der Waals surface area contributed by atoms with Gasteiger partial charge < -0.3 is 19.9 Å². The van der Waals surface area contributed by atoms with Crippen LogP contribution in [0.4, 0.5) is 0 Å². The minimum absolute atomic E-state index is 0.206. The van der Waals surface area contributed by atoms with E-state index in [0.717, 1.165) is 34.6 Å². The maximum Gasteiger partial charge on any atom is 0.231 e. The zero-order chi connectivity index (χ0) is 12.3. The molecule has 1 unspecified atom stereocenters. The monoisotopic (exact) mass is 301 g/mol. The molecule has 5 heteroatoms. The molecule has 2 rings (SSSR count). The van der Waals surface area contributed by atoms with Crippen molar-refractivity contribution in [3.63, 3.8) is 0 Å². The van der Waals surface area contributed by atoms with Gasteiger partial charge in [0, 0.05) is 19.7 Å². The summed E-state index contributed by atoms with van der Waals surface area (Å²) >= 11 is 3.46. The maximum atomic E-state index is 8.92. The summed E-state index contributed by atoms with van der Waals surface area (Å²) < 4.78 is 11.6. The largest absolute Gasteiger partial charge is 0.454 e. The van der Waals surface area contributed by atoms with Crippen LogP contribution >= 0.6 is 15.9 Å². The molecule has 4 nitrogen and oxygen atoms in total. The fourth-order valence-electron chi connectivity index (χ4n) is 1.65. The molecule has 0 aliphatic carbocycles. The smallest absolute Gasteiger partial charge is 0.231 e. The molecule has 0 saturated heterocycles. The molecule has 0 bridgehead atoms. The average molecular weight is 302 g/mol. The summed E-state index contributed by atoms with van der Waals surface area (Å²) in [5, 5.41) is 12.2. The number of hydrogen-bond acceptors (Lipinski definition) is 4. The lowest BCUT2D eigenvalue weighted by atomic mass is 10.1. The second-order valence-corrected chi connectivity index (χ2v) is 5.08. The van der Waals surface area contributed by atoms with Crippen molar-refractivity contribution >= 4 is 15.9 Å². The highest BCUT2D eigenvalue weighted by Gasteiger charge is 2.17. The van der Waals surface area contributed by atoms with E-state index < -0.39 is 0 Å². The summed E-state index contributed by atoms with van der Waals surface area (Å²) in [4.78, 5) is 0. The lowest BCUT2D eigenvalue weighted by Gasteiger charge is -2.10. The Balaban J connectivity index is 1.96. The average Bonchev–Trinajstić information content (AvgIpc) is 2.77. The second-order valence-electron chi connectivity index (χ2n) is 4.23. The van der Waals surface area contributed by atoms with Crippen molar-refractivity contribution in [1.82, 2.24) is 5.32 Å². The number of nitrogens with one attached hydrogen (secondary N) is 1. The van der Waals surface area contributed by atoms with Gasteiger partial charge in [0.05, 0.1) is 4.47 Å². The third-order valence-electron chi connectivity index (χ3n) is 2.62. The lowest BCUT2D eigenvalue weighted by molar-refractivity contribution is 0.173. The topological polar surface area (TPSA) is 50.7 Å². The molecule has 1 heterocycles. The number of benzene rings is 1. The van der Waals surface area contributed by atoms with Crippen molar-refractivity contribution in [3.8, 4) is 11.5 Å². The van der Waals surface area contributed by atoms with Crippen LogP contribution in [0.3, 0.4) is 0 Å². The molecule has 1 aliphatic heterocycles. The minimum atomic E-state index is 0.206. The Kier molecular flexibility index (Phi) is 4.25. The SMILES string of the molecule is CC(CO)CNCc1cc(Br)c2c(c1)OCO2. The van der Waals surface area contributed by atoms with Gasteiger partial charge in [-0.3, -0.25) is 0 Å². The molecule has 1 aliphatic rings. The number of aliphatic hydroxyl groups excluding tert-OH is 1. The maximum absolute atomic E-state index is 8.92. The van der Waals surface area contributed by atoms with Gasteiger partial charge in [0.15, 0.2) is 11.5 Å². The van der Waals surface area contributed by atoms with Crippen LogP contribution in [0, 0.1) is 5.92 Å². The first-order valence-corrected chi connectivity index (χ1v) is 6.39. The normalized spacial score (nSPS) is 15.0. The van der Waals surface area contributed by atoms with E-state index in [1.165, 1.54) is 0 Å². The summed E-state index contributed by atoms with van der Waals surface area (Å²) in [7, 11) is 0. The molecule has 0 aromatic heterocycles. The van der Waals surface area contributed by atoms with Crippen LogP contribution in [-0.2, 0) is 6.54 Å². The van der Waals surface area contributed by atoms with Gasteiger partial charge in [0.25, 0.3) is 0 Å². The molecular formula is C12H16BrNO3. The number of fused-ring (bicyclic) bond motifs is 1. The van der Waals surface area contributed by atoms with Crippen LogP contribution in [0.5, 0.6) is 11.5 Å². The lowest BCUT2D eigenvalue weighted by Crippen LogP contribution is -2.22. The molecule has 1 aromatic carbocycles. The van der Waals surface area contributed by atoms with Gasteiger partial charge in [-0.15, -0.1) is 0 Å². The molecule has 0 fully saturated rings. The van der Waals surface area contributed by atoms with Crippen LogP contribution in [0.15, 0.2) is 16.6 Å². The number of halogens is 1. The summed E-state index contributed by atoms with van der Waals surface area (Å²) in [6.07, 6.45) is 0. The number of aliphatic hydroxyl groups is 1. The highest BCUT2D eigenvalue weighted by atomic mass is 79.9. The Morgan fingerprint density at radius 2 is 2.29 bits per heavy atom. The molecule has 1 aromatic rings. The molecule has 17 heavy (non-hydrogen) atoms.